The highest BCUT2D eigenvalue weighted by Gasteiger charge is 2.31. The summed E-state index contributed by atoms with van der Waals surface area (Å²) in [5, 5.41) is 0. The largest absolute Gasteiger partial charge is 0.469 e. The molecule has 0 radical (unpaired) electrons. The van der Waals surface area contributed by atoms with Crippen LogP contribution in [0.25, 0.3) is 22.2 Å². The lowest BCUT2D eigenvalue weighted by Gasteiger charge is -2.28. The number of H-pyrrole nitrogens is 1. The summed E-state index contributed by atoms with van der Waals surface area (Å²) in [6.45, 7) is 0. The highest BCUT2D eigenvalue weighted by molar-refractivity contribution is 5.82. The third kappa shape index (κ3) is 5.25. The van der Waals surface area contributed by atoms with E-state index < -0.39 is 11.7 Å². The fourth-order valence-electron chi connectivity index (χ4n) is 5.40. The van der Waals surface area contributed by atoms with Crippen LogP contribution in [0.3, 0.4) is 0 Å². The van der Waals surface area contributed by atoms with Crippen molar-refractivity contribution in [1.82, 2.24) is 9.97 Å². The predicted octanol–water partition coefficient (Wildman–Crippen LogP) is 7.68. The maximum atomic E-state index is 13.0. The number of halogens is 3. The number of methoxy groups -OCH3 is 1. The standard InChI is InChI=1S/C29H29F3N2O2/c1-36-27(35)16-18-2-4-19(5-3-18)20-6-8-21(9-7-20)22-10-12-23(13-11-22)28-33-25-15-14-24(29(30,31)32)17-26(25)34-28/h6-10,12,14-15,17-19H,2-5,11,13,16H2,1H3,(H,33,34). The normalized spacial score (nSPS) is 20.7. The summed E-state index contributed by atoms with van der Waals surface area (Å²) < 4.78 is 43.8. The lowest BCUT2D eigenvalue weighted by Crippen LogP contribution is -2.17. The Hall–Kier alpha value is -3.35. The second-order valence-electron chi connectivity index (χ2n) is 9.82. The molecule has 5 rings (SSSR count). The Balaban J connectivity index is 1.25. The molecule has 3 aromatic rings. The summed E-state index contributed by atoms with van der Waals surface area (Å²) in [6.07, 6.45) is 6.15. The molecule has 2 aliphatic carbocycles. The number of carbonyl (C=O) groups excluding carboxylic acids is 1. The molecule has 4 nitrogen and oxygen atoms in total. The molecule has 1 heterocycles. The minimum Gasteiger partial charge on any atom is -0.469 e. The SMILES string of the molecule is COC(=O)CC1CCC(c2ccc(C3=CC=C(c4nc5ccc(C(F)(F)F)cc5[nH]4)CC3)cc2)CC1. The van der Waals surface area contributed by atoms with Crippen molar-refractivity contribution in [1.29, 1.82) is 0 Å². The van der Waals surface area contributed by atoms with Crippen molar-refractivity contribution in [2.24, 2.45) is 5.92 Å². The molecule has 188 valence electrons. The van der Waals surface area contributed by atoms with Crippen molar-refractivity contribution >= 4 is 28.1 Å². The number of nitrogens with zero attached hydrogens (tertiary/aromatic N) is 1. The summed E-state index contributed by atoms with van der Waals surface area (Å²) in [5.41, 5.74) is 5.01. The summed E-state index contributed by atoms with van der Waals surface area (Å²) in [5.74, 6) is 1.47. The zero-order chi connectivity index (χ0) is 25.3. The van der Waals surface area contributed by atoms with Crippen LogP contribution in [0, 0.1) is 5.92 Å². The van der Waals surface area contributed by atoms with Crippen LogP contribution in [-0.2, 0) is 15.7 Å². The number of fused-ring (bicyclic) bond motifs is 1. The molecule has 36 heavy (non-hydrogen) atoms. The van der Waals surface area contributed by atoms with E-state index in [1.54, 1.807) is 0 Å². The Labute approximate surface area is 208 Å². The fourth-order valence-corrected chi connectivity index (χ4v) is 5.40. The number of hydrogen-bond acceptors (Lipinski definition) is 3. The number of aromatic nitrogens is 2. The number of allylic oxidation sites excluding steroid dienone is 4. The molecule has 0 unspecified atom stereocenters. The van der Waals surface area contributed by atoms with E-state index in [0.717, 1.165) is 56.2 Å². The molecule has 2 aromatic carbocycles. The maximum Gasteiger partial charge on any atom is 0.416 e. The van der Waals surface area contributed by atoms with Gasteiger partial charge in [0.25, 0.3) is 0 Å². The van der Waals surface area contributed by atoms with Crippen molar-refractivity contribution in [3.63, 3.8) is 0 Å². The Bertz CT molecular complexity index is 1310. The van der Waals surface area contributed by atoms with E-state index in [0.29, 0.717) is 35.1 Å². The molecular formula is C29H29F3N2O2. The first-order valence-corrected chi connectivity index (χ1v) is 12.4. The van der Waals surface area contributed by atoms with Gasteiger partial charge in [0.15, 0.2) is 0 Å². The molecule has 0 saturated heterocycles. The lowest BCUT2D eigenvalue weighted by molar-refractivity contribution is -0.142. The van der Waals surface area contributed by atoms with Gasteiger partial charge in [0.2, 0.25) is 0 Å². The van der Waals surface area contributed by atoms with Gasteiger partial charge in [-0.15, -0.1) is 0 Å². The molecule has 0 spiro atoms. The van der Waals surface area contributed by atoms with Gasteiger partial charge in [-0.25, -0.2) is 4.98 Å². The average Bonchev–Trinajstić information content (AvgIpc) is 3.32. The molecule has 1 N–H and O–H groups in total. The van der Waals surface area contributed by atoms with Crippen molar-refractivity contribution in [2.45, 2.75) is 57.0 Å². The van der Waals surface area contributed by atoms with Gasteiger partial charge >= 0.3 is 12.1 Å². The molecule has 7 heteroatoms. The van der Waals surface area contributed by atoms with Crippen LogP contribution < -0.4 is 0 Å². The first-order valence-electron chi connectivity index (χ1n) is 12.4. The lowest BCUT2D eigenvalue weighted by atomic mass is 9.77. The van der Waals surface area contributed by atoms with Crippen LogP contribution in [0.5, 0.6) is 0 Å². The second kappa shape index (κ2) is 9.96. The van der Waals surface area contributed by atoms with Crippen LogP contribution in [0.2, 0.25) is 0 Å². The van der Waals surface area contributed by atoms with Crippen LogP contribution in [0.4, 0.5) is 13.2 Å². The van der Waals surface area contributed by atoms with Gasteiger partial charge in [0.1, 0.15) is 5.82 Å². The maximum absolute atomic E-state index is 13.0. The highest BCUT2D eigenvalue weighted by Crippen LogP contribution is 2.38. The monoisotopic (exact) mass is 494 g/mol. The topological polar surface area (TPSA) is 55.0 Å². The molecule has 0 bridgehead atoms. The van der Waals surface area contributed by atoms with E-state index in [9.17, 15) is 18.0 Å². The number of ether oxygens (including phenoxy) is 1. The number of imidazole rings is 1. The number of aromatic amines is 1. The quantitative estimate of drug-likeness (QED) is 0.370. The number of benzene rings is 2. The second-order valence-corrected chi connectivity index (χ2v) is 9.82. The van der Waals surface area contributed by atoms with Gasteiger partial charge < -0.3 is 9.72 Å². The van der Waals surface area contributed by atoms with Gasteiger partial charge in [-0.2, -0.15) is 13.2 Å². The van der Waals surface area contributed by atoms with E-state index >= 15 is 0 Å². The molecule has 1 saturated carbocycles. The van der Waals surface area contributed by atoms with Gasteiger partial charge in [0, 0.05) is 6.42 Å². The van der Waals surface area contributed by atoms with E-state index in [4.69, 9.17) is 4.74 Å². The van der Waals surface area contributed by atoms with E-state index in [2.05, 4.69) is 40.3 Å². The van der Waals surface area contributed by atoms with E-state index in [1.165, 1.54) is 29.9 Å². The minimum absolute atomic E-state index is 0.114. The van der Waals surface area contributed by atoms with Crippen molar-refractivity contribution in [3.8, 4) is 0 Å². The van der Waals surface area contributed by atoms with E-state index in [1.807, 2.05) is 6.08 Å². The zero-order valence-corrected chi connectivity index (χ0v) is 20.2. The molecule has 0 atom stereocenters. The first-order chi connectivity index (χ1) is 17.3. The Morgan fingerprint density at radius 1 is 1.00 bits per heavy atom. The summed E-state index contributed by atoms with van der Waals surface area (Å²) in [6, 6.07) is 12.4. The summed E-state index contributed by atoms with van der Waals surface area (Å²) in [7, 11) is 1.45. The number of alkyl halides is 3. The highest BCUT2D eigenvalue weighted by atomic mass is 19.4. The average molecular weight is 495 g/mol. The number of nitrogens with one attached hydrogen (secondary N) is 1. The zero-order valence-electron chi connectivity index (χ0n) is 20.2. The van der Waals surface area contributed by atoms with Crippen molar-refractivity contribution < 1.29 is 22.7 Å². The fraction of sp³-hybridized carbons (Fsp3) is 0.379. The summed E-state index contributed by atoms with van der Waals surface area (Å²) in [4.78, 5) is 19.1. The predicted molar refractivity (Wildman–Crippen MR) is 134 cm³/mol. The molecule has 2 aliphatic rings. The van der Waals surface area contributed by atoms with Crippen LogP contribution >= 0.6 is 0 Å². The Kier molecular flexibility index (Phi) is 6.73. The third-order valence-electron chi connectivity index (χ3n) is 7.55. The molecule has 1 fully saturated rings. The van der Waals surface area contributed by atoms with Gasteiger partial charge in [-0.1, -0.05) is 36.4 Å². The van der Waals surface area contributed by atoms with Crippen LogP contribution in [0.1, 0.15) is 73.4 Å². The van der Waals surface area contributed by atoms with E-state index in [-0.39, 0.29) is 5.97 Å². The number of hydrogen-bond donors (Lipinski definition) is 1. The first kappa shape index (κ1) is 24.3. The van der Waals surface area contributed by atoms with Gasteiger partial charge in [-0.3, -0.25) is 4.79 Å². The number of carbonyl (C=O) groups is 1. The Morgan fingerprint density at radius 2 is 1.69 bits per heavy atom. The molecule has 0 amide bonds. The summed E-state index contributed by atoms with van der Waals surface area (Å²) >= 11 is 0. The van der Waals surface area contributed by atoms with Gasteiger partial charge in [0.05, 0.1) is 23.7 Å². The van der Waals surface area contributed by atoms with Crippen LogP contribution in [0.15, 0.2) is 54.6 Å². The molecule has 0 aliphatic heterocycles. The smallest absolute Gasteiger partial charge is 0.416 e. The number of esters is 1. The van der Waals surface area contributed by atoms with Crippen molar-refractivity contribution in [2.75, 3.05) is 7.11 Å². The molecule has 1 aromatic heterocycles. The van der Waals surface area contributed by atoms with Gasteiger partial charge in [-0.05, 0) is 90.8 Å². The third-order valence-corrected chi connectivity index (χ3v) is 7.55. The Morgan fingerprint density at radius 3 is 2.33 bits per heavy atom. The molecular weight excluding hydrogens is 465 g/mol. The van der Waals surface area contributed by atoms with Crippen molar-refractivity contribution in [3.05, 3.63) is 77.1 Å². The minimum atomic E-state index is -4.37. The van der Waals surface area contributed by atoms with Crippen LogP contribution in [-0.4, -0.2) is 23.0 Å². The number of rotatable bonds is 5.